The van der Waals surface area contributed by atoms with Crippen LogP contribution in [-0.4, -0.2) is 50.2 Å². The van der Waals surface area contributed by atoms with Gasteiger partial charge in [-0.2, -0.15) is 0 Å². The molecule has 0 spiro atoms. The standard InChI is InChI=1S/C13H25NO4/c1-13(2,3)12(17)18-10-9-14(4,5)8-6-7-11(15)16/h6-10H2,1-5H3. The highest BCUT2D eigenvalue weighted by atomic mass is 16.5. The predicted molar refractivity (Wildman–Crippen MR) is 66.5 cm³/mol. The molecule has 0 radical (unpaired) electrons. The average molecular weight is 259 g/mol. The first kappa shape index (κ1) is 16.9. The molecule has 0 aliphatic rings. The number of nitrogens with zero attached hydrogens (tertiary/aromatic N) is 1. The Kier molecular flexibility index (Phi) is 6.32. The van der Waals surface area contributed by atoms with E-state index in [1.807, 2.05) is 34.9 Å². The van der Waals surface area contributed by atoms with E-state index in [0.29, 0.717) is 24.1 Å². The summed E-state index contributed by atoms with van der Waals surface area (Å²) in [6, 6.07) is 0. The van der Waals surface area contributed by atoms with Gasteiger partial charge in [-0.3, -0.25) is 4.79 Å². The maximum atomic E-state index is 11.5. The van der Waals surface area contributed by atoms with E-state index in [1.54, 1.807) is 0 Å². The second kappa shape index (κ2) is 6.73. The van der Waals surface area contributed by atoms with Gasteiger partial charge in [-0.1, -0.05) is 0 Å². The van der Waals surface area contributed by atoms with Gasteiger partial charge in [0.1, 0.15) is 13.2 Å². The van der Waals surface area contributed by atoms with Crippen molar-refractivity contribution >= 4 is 11.9 Å². The van der Waals surface area contributed by atoms with Gasteiger partial charge in [0.2, 0.25) is 0 Å². The fourth-order valence-electron chi connectivity index (χ4n) is 1.37. The number of carboxylic acid groups (broad SMARTS) is 1. The smallest absolute Gasteiger partial charge is 0.311 e. The molecule has 0 aliphatic heterocycles. The summed E-state index contributed by atoms with van der Waals surface area (Å²) in [6.07, 6.45) is 0.645. The van der Waals surface area contributed by atoms with Crippen LogP contribution < -0.4 is 5.11 Å². The highest BCUT2D eigenvalue weighted by Gasteiger charge is 2.24. The summed E-state index contributed by atoms with van der Waals surface area (Å²) in [5.74, 6) is -1.23. The van der Waals surface area contributed by atoms with E-state index in [0.717, 1.165) is 6.54 Å². The van der Waals surface area contributed by atoms with Crippen molar-refractivity contribution in [2.45, 2.75) is 33.6 Å². The first-order chi connectivity index (χ1) is 8.04. The Morgan fingerprint density at radius 3 is 2.17 bits per heavy atom. The number of likely N-dealkylation sites (N-methyl/N-ethyl adjacent to an activating group) is 1. The topological polar surface area (TPSA) is 66.4 Å². The number of rotatable bonds is 7. The van der Waals surface area contributed by atoms with Crippen molar-refractivity contribution in [1.82, 2.24) is 0 Å². The fraction of sp³-hybridized carbons (Fsp3) is 0.846. The van der Waals surface area contributed by atoms with E-state index < -0.39 is 11.4 Å². The van der Waals surface area contributed by atoms with Crippen molar-refractivity contribution in [3.8, 4) is 0 Å². The monoisotopic (exact) mass is 259 g/mol. The second-order valence-corrected chi connectivity index (χ2v) is 6.24. The van der Waals surface area contributed by atoms with Crippen LogP contribution in [0.2, 0.25) is 0 Å². The quantitative estimate of drug-likeness (QED) is 0.483. The predicted octanol–water partition coefficient (Wildman–Crippen LogP) is 0.182. The van der Waals surface area contributed by atoms with E-state index in [4.69, 9.17) is 4.74 Å². The van der Waals surface area contributed by atoms with Crippen molar-refractivity contribution in [2.24, 2.45) is 5.41 Å². The van der Waals surface area contributed by atoms with Crippen LogP contribution in [-0.2, 0) is 14.3 Å². The summed E-state index contributed by atoms with van der Waals surface area (Å²) in [6.45, 7) is 7.20. The number of hydrogen-bond acceptors (Lipinski definition) is 4. The first-order valence-corrected chi connectivity index (χ1v) is 6.24. The number of carboxylic acids is 1. The minimum absolute atomic E-state index is 0.0729. The lowest BCUT2D eigenvalue weighted by Gasteiger charge is -2.30. The summed E-state index contributed by atoms with van der Waals surface area (Å²) in [5.41, 5.74) is -0.480. The lowest BCUT2D eigenvalue weighted by molar-refractivity contribution is -0.890. The van der Waals surface area contributed by atoms with Gasteiger partial charge in [-0.05, 0) is 27.2 Å². The molecule has 0 saturated heterocycles. The van der Waals surface area contributed by atoms with Crippen molar-refractivity contribution < 1.29 is 23.9 Å². The van der Waals surface area contributed by atoms with Crippen LogP contribution in [0.15, 0.2) is 0 Å². The van der Waals surface area contributed by atoms with Crippen LogP contribution in [0.4, 0.5) is 0 Å². The molecule has 0 rings (SSSR count). The number of aliphatic carboxylic acids is 1. The maximum Gasteiger partial charge on any atom is 0.311 e. The number of quaternary nitrogens is 1. The van der Waals surface area contributed by atoms with Gasteiger partial charge in [0.25, 0.3) is 0 Å². The first-order valence-electron chi connectivity index (χ1n) is 6.24. The average Bonchev–Trinajstić information content (AvgIpc) is 2.14. The van der Waals surface area contributed by atoms with Crippen LogP contribution in [0.5, 0.6) is 0 Å². The molecular formula is C13H25NO4. The van der Waals surface area contributed by atoms with Crippen molar-refractivity contribution in [2.75, 3.05) is 33.8 Å². The molecule has 0 atom stereocenters. The van der Waals surface area contributed by atoms with Crippen LogP contribution in [0.25, 0.3) is 0 Å². The SMILES string of the molecule is CC(C)(C)C(=O)OCC[N+](C)(C)CCCC(=O)[O-]. The van der Waals surface area contributed by atoms with Gasteiger partial charge in [-0.25, -0.2) is 0 Å². The molecule has 0 aromatic heterocycles. The van der Waals surface area contributed by atoms with Crippen molar-refractivity contribution in [1.29, 1.82) is 0 Å². The summed E-state index contributed by atoms with van der Waals surface area (Å²) >= 11 is 0. The molecule has 18 heavy (non-hydrogen) atoms. The molecule has 0 saturated carbocycles. The summed E-state index contributed by atoms with van der Waals surface area (Å²) in [7, 11) is 3.97. The van der Waals surface area contributed by atoms with Crippen LogP contribution in [0, 0.1) is 5.41 Å². The molecule has 0 unspecified atom stereocenters. The Bertz CT molecular complexity index is 292. The molecule has 0 aromatic rings. The molecule has 0 fully saturated rings. The van der Waals surface area contributed by atoms with Gasteiger partial charge in [0.05, 0.1) is 26.1 Å². The highest BCUT2D eigenvalue weighted by molar-refractivity contribution is 5.75. The Hall–Kier alpha value is -1.10. The minimum atomic E-state index is -1.02. The van der Waals surface area contributed by atoms with Crippen molar-refractivity contribution in [3.63, 3.8) is 0 Å². The molecular weight excluding hydrogens is 234 g/mol. The summed E-state index contributed by atoms with van der Waals surface area (Å²) < 4.78 is 5.82. The second-order valence-electron chi connectivity index (χ2n) is 6.24. The molecule has 0 bridgehead atoms. The molecule has 0 amide bonds. The zero-order valence-electron chi connectivity index (χ0n) is 12.1. The van der Waals surface area contributed by atoms with Crippen molar-refractivity contribution in [3.05, 3.63) is 0 Å². The molecule has 0 aliphatic carbocycles. The van der Waals surface area contributed by atoms with Crippen LogP contribution in [0.3, 0.4) is 0 Å². The van der Waals surface area contributed by atoms with Gasteiger partial charge in [0.15, 0.2) is 0 Å². The third kappa shape index (κ3) is 8.06. The largest absolute Gasteiger partial charge is 0.550 e. The highest BCUT2D eigenvalue weighted by Crippen LogP contribution is 2.15. The van der Waals surface area contributed by atoms with E-state index >= 15 is 0 Å². The van der Waals surface area contributed by atoms with Gasteiger partial charge in [-0.15, -0.1) is 0 Å². The lowest BCUT2D eigenvalue weighted by Crippen LogP contribution is -2.44. The Morgan fingerprint density at radius 2 is 1.72 bits per heavy atom. The Labute approximate surface area is 109 Å². The molecule has 5 nitrogen and oxygen atoms in total. The van der Waals surface area contributed by atoms with Crippen LogP contribution >= 0.6 is 0 Å². The minimum Gasteiger partial charge on any atom is -0.550 e. The fourth-order valence-corrected chi connectivity index (χ4v) is 1.37. The summed E-state index contributed by atoms with van der Waals surface area (Å²) in [5, 5.41) is 10.3. The third-order valence-electron chi connectivity index (χ3n) is 2.69. The summed E-state index contributed by atoms with van der Waals surface area (Å²) in [4.78, 5) is 21.9. The number of hydrogen-bond donors (Lipinski definition) is 0. The maximum absolute atomic E-state index is 11.5. The number of ether oxygens (including phenoxy) is 1. The molecule has 5 heteroatoms. The third-order valence-corrected chi connectivity index (χ3v) is 2.69. The van der Waals surface area contributed by atoms with E-state index in [1.165, 1.54) is 0 Å². The zero-order valence-corrected chi connectivity index (χ0v) is 12.1. The molecule has 106 valence electrons. The molecule has 0 N–H and O–H groups in total. The number of carbonyl (C=O) groups excluding carboxylic acids is 2. The van der Waals surface area contributed by atoms with E-state index in [9.17, 15) is 14.7 Å². The Morgan fingerprint density at radius 1 is 1.17 bits per heavy atom. The van der Waals surface area contributed by atoms with Gasteiger partial charge < -0.3 is 19.1 Å². The zero-order chi connectivity index (χ0) is 14.4. The van der Waals surface area contributed by atoms with Gasteiger partial charge in [0, 0.05) is 12.4 Å². The van der Waals surface area contributed by atoms with Gasteiger partial charge >= 0.3 is 5.97 Å². The molecule has 0 aromatic carbocycles. The molecule has 0 heterocycles. The Balaban J connectivity index is 3.90. The normalized spacial score (nSPS) is 12.3. The lowest BCUT2D eigenvalue weighted by atomic mass is 9.97. The number of esters is 1. The van der Waals surface area contributed by atoms with Crippen LogP contribution in [0.1, 0.15) is 33.6 Å². The van der Waals surface area contributed by atoms with E-state index in [2.05, 4.69) is 0 Å². The number of carbonyl (C=O) groups is 2. The van der Waals surface area contributed by atoms with E-state index in [-0.39, 0.29) is 12.4 Å².